The summed E-state index contributed by atoms with van der Waals surface area (Å²) in [5.41, 5.74) is 1.75. The van der Waals surface area contributed by atoms with E-state index in [0.717, 1.165) is 50.6 Å². The van der Waals surface area contributed by atoms with Crippen LogP contribution in [0.4, 0.5) is 8.78 Å². The van der Waals surface area contributed by atoms with Crippen LogP contribution < -0.4 is 14.8 Å². The molecule has 9 nitrogen and oxygen atoms in total. The summed E-state index contributed by atoms with van der Waals surface area (Å²) >= 11 is 0. The predicted molar refractivity (Wildman–Crippen MR) is 167 cm³/mol. The lowest BCUT2D eigenvalue weighted by atomic mass is 9.93. The maximum absolute atomic E-state index is 13.6. The Bertz CT molecular complexity index is 1410. The average Bonchev–Trinajstić information content (AvgIpc) is 4.00. The van der Waals surface area contributed by atoms with Crippen molar-refractivity contribution >= 4 is 17.7 Å². The van der Waals surface area contributed by atoms with E-state index in [0.29, 0.717) is 42.8 Å². The number of pyridine rings is 1. The Kier molecular flexibility index (Phi) is 10.0. The summed E-state index contributed by atoms with van der Waals surface area (Å²) in [6.45, 7) is 0.101. The fourth-order valence-electron chi connectivity index (χ4n) is 6.76. The summed E-state index contributed by atoms with van der Waals surface area (Å²) in [6.07, 6.45) is 10.4. The molecule has 0 bridgehead atoms. The molecule has 3 saturated carbocycles. The van der Waals surface area contributed by atoms with E-state index in [9.17, 15) is 23.2 Å². The number of carbonyl (C=O) groups is 3. The predicted octanol–water partition coefficient (Wildman–Crippen LogP) is 5.68. The van der Waals surface area contributed by atoms with Crippen LogP contribution in [0.1, 0.15) is 98.8 Å². The number of carbonyl (C=O) groups excluding carboxylic acids is 3. The van der Waals surface area contributed by atoms with Crippen molar-refractivity contribution in [3.8, 4) is 11.5 Å². The number of hydrogen-bond acceptors (Lipinski definition) is 6. The molecular formula is C35H44F2N4O5. The molecule has 4 fully saturated rings. The number of aromatic nitrogens is 1. The largest absolute Gasteiger partial charge is 0.489 e. The van der Waals surface area contributed by atoms with Gasteiger partial charge in [0.15, 0.2) is 11.5 Å². The minimum atomic E-state index is -2.98. The van der Waals surface area contributed by atoms with E-state index in [1.807, 2.05) is 4.90 Å². The van der Waals surface area contributed by atoms with Crippen LogP contribution in [-0.4, -0.2) is 70.9 Å². The Morgan fingerprint density at radius 1 is 1.00 bits per heavy atom. The van der Waals surface area contributed by atoms with Crippen LogP contribution in [0.15, 0.2) is 36.4 Å². The van der Waals surface area contributed by atoms with Crippen LogP contribution in [0.25, 0.3) is 0 Å². The third-order valence-corrected chi connectivity index (χ3v) is 9.73. The van der Waals surface area contributed by atoms with Crippen molar-refractivity contribution in [2.24, 2.45) is 11.8 Å². The molecule has 1 saturated heterocycles. The molecule has 1 aliphatic heterocycles. The van der Waals surface area contributed by atoms with E-state index < -0.39 is 12.7 Å². The number of nitrogens with zero attached hydrogens (tertiary/aromatic N) is 3. The lowest BCUT2D eigenvalue weighted by molar-refractivity contribution is -0.136. The van der Waals surface area contributed by atoms with Crippen molar-refractivity contribution in [1.29, 1.82) is 0 Å². The molecule has 2 atom stereocenters. The van der Waals surface area contributed by atoms with Gasteiger partial charge in [0.1, 0.15) is 11.7 Å². The summed E-state index contributed by atoms with van der Waals surface area (Å²) < 4.78 is 36.6. The molecule has 46 heavy (non-hydrogen) atoms. The van der Waals surface area contributed by atoms with Gasteiger partial charge in [-0.1, -0.05) is 31.4 Å². The molecule has 1 unspecified atom stereocenters. The summed E-state index contributed by atoms with van der Waals surface area (Å²) in [6, 6.07) is 9.73. The van der Waals surface area contributed by atoms with Crippen LogP contribution in [0.5, 0.6) is 11.5 Å². The first kappa shape index (κ1) is 32.2. The highest BCUT2D eigenvalue weighted by Gasteiger charge is 2.39. The maximum atomic E-state index is 13.6. The van der Waals surface area contributed by atoms with Gasteiger partial charge in [-0.2, -0.15) is 8.78 Å². The lowest BCUT2D eigenvalue weighted by Gasteiger charge is -2.34. The quantitative estimate of drug-likeness (QED) is 0.303. The number of amides is 3. The number of ether oxygens (including phenoxy) is 2. The SMILES string of the molecule is CC(=O)N1CC(c2ccc(OC(F)F)c(OCC3CC3)c2)C[C@@H]1C(=O)NCc1cccc(C(=O)N(CC2CC2)C2CCCCC2)n1. The molecule has 11 heteroatoms. The molecular weight excluding hydrogens is 594 g/mol. The Morgan fingerprint density at radius 2 is 1.76 bits per heavy atom. The van der Waals surface area contributed by atoms with Gasteiger partial charge in [-0.3, -0.25) is 14.4 Å². The van der Waals surface area contributed by atoms with E-state index in [1.165, 1.54) is 32.3 Å². The van der Waals surface area contributed by atoms with E-state index in [-0.39, 0.29) is 47.7 Å². The third kappa shape index (κ3) is 8.14. The van der Waals surface area contributed by atoms with Crippen molar-refractivity contribution < 1.29 is 32.6 Å². The highest BCUT2D eigenvalue weighted by Crippen LogP contribution is 2.39. The second kappa shape index (κ2) is 14.3. The highest BCUT2D eigenvalue weighted by atomic mass is 19.3. The Hall–Kier alpha value is -3.76. The molecule has 1 aromatic heterocycles. The zero-order chi connectivity index (χ0) is 32.2. The van der Waals surface area contributed by atoms with Gasteiger partial charge in [0, 0.05) is 32.0 Å². The van der Waals surface area contributed by atoms with Crippen LogP contribution in [0.2, 0.25) is 0 Å². The molecule has 0 spiro atoms. The zero-order valence-electron chi connectivity index (χ0n) is 26.5. The van der Waals surface area contributed by atoms with Crippen molar-refractivity contribution in [3.63, 3.8) is 0 Å². The van der Waals surface area contributed by atoms with Crippen molar-refractivity contribution in [2.75, 3.05) is 19.7 Å². The summed E-state index contributed by atoms with van der Waals surface area (Å²) in [7, 11) is 0. The first-order chi connectivity index (χ1) is 22.2. The van der Waals surface area contributed by atoms with Crippen LogP contribution in [0, 0.1) is 11.8 Å². The van der Waals surface area contributed by atoms with Gasteiger partial charge in [-0.25, -0.2) is 4.98 Å². The van der Waals surface area contributed by atoms with Gasteiger partial charge < -0.3 is 24.6 Å². The van der Waals surface area contributed by atoms with Crippen molar-refractivity contribution in [2.45, 2.75) is 102 Å². The fraction of sp³-hybridized carbons (Fsp3) is 0.600. The van der Waals surface area contributed by atoms with E-state index in [2.05, 4.69) is 15.0 Å². The van der Waals surface area contributed by atoms with Crippen molar-refractivity contribution in [1.82, 2.24) is 20.1 Å². The molecule has 1 aromatic carbocycles. The van der Waals surface area contributed by atoms with E-state index in [1.54, 1.807) is 35.2 Å². The Morgan fingerprint density at radius 3 is 2.46 bits per heavy atom. The van der Waals surface area contributed by atoms with Gasteiger partial charge in [0.25, 0.3) is 5.91 Å². The van der Waals surface area contributed by atoms with Gasteiger partial charge >= 0.3 is 6.61 Å². The van der Waals surface area contributed by atoms with Crippen LogP contribution in [0.3, 0.4) is 0 Å². The minimum Gasteiger partial charge on any atom is -0.489 e. The molecule has 2 aromatic rings. The fourth-order valence-corrected chi connectivity index (χ4v) is 6.76. The van der Waals surface area contributed by atoms with Crippen LogP contribution >= 0.6 is 0 Å². The van der Waals surface area contributed by atoms with Gasteiger partial charge in [-0.05, 0) is 86.6 Å². The summed E-state index contributed by atoms with van der Waals surface area (Å²) in [5, 5.41) is 2.93. The minimum absolute atomic E-state index is 0.0299. The highest BCUT2D eigenvalue weighted by molar-refractivity contribution is 5.92. The number of alkyl halides is 2. The third-order valence-electron chi connectivity index (χ3n) is 9.73. The van der Waals surface area contributed by atoms with Crippen molar-refractivity contribution in [3.05, 3.63) is 53.3 Å². The second-order valence-corrected chi connectivity index (χ2v) is 13.4. The topological polar surface area (TPSA) is 101 Å². The number of benzene rings is 1. The monoisotopic (exact) mass is 638 g/mol. The first-order valence-corrected chi connectivity index (χ1v) is 16.8. The molecule has 4 aliphatic rings. The number of hydrogen-bond donors (Lipinski definition) is 1. The number of likely N-dealkylation sites (tertiary alicyclic amines) is 1. The van der Waals surface area contributed by atoms with E-state index >= 15 is 0 Å². The normalized spacial score (nSPS) is 21.7. The maximum Gasteiger partial charge on any atom is 0.387 e. The number of nitrogens with one attached hydrogen (secondary N) is 1. The molecule has 3 aliphatic carbocycles. The van der Waals surface area contributed by atoms with Gasteiger partial charge in [-0.15, -0.1) is 0 Å². The number of halogens is 2. The smallest absolute Gasteiger partial charge is 0.387 e. The summed E-state index contributed by atoms with van der Waals surface area (Å²) in [4.78, 5) is 47.9. The Balaban J connectivity index is 1.11. The molecule has 1 N–H and O–H groups in total. The van der Waals surface area contributed by atoms with E-state index in [4.69, 9.17) is 4.74 Å². The average molecular weight is 639 g/mol. The molecule has 248 valence electrons. The molecule has 6 rings (SSSR count). The summed E-state index contributed by atoms with van der Waals surface area (Å²) in [5.74, 6) is 0.440. The Labute approximate surface area is 269 Å². The lowest BCUT2D eigenvalue weighted by Crippen LogP contribution is -2.45. The molecule has 2 heterocycles. The molecule has 3 amide bonds. The zero-order valence-corrected chi connectivity index (χ0v) is 26.5. The van der Waals surface area contributed by atoms with Crippen LogP contribution in [-0.2, 0) is 16.1 Å². The molecule has 0 radical (unpaired) electrons. The first-order valence-electron chi connectivity index (χ1n) is 16.8. The van der Waals surface area contributed by atoms with Gasteiger partial charge in [0.2, 0.25) is 11.8 Å². The second-order valence-electron chi connectivity index (χ2n) is 13.4. The number of rotatable bonds is 13. The van der Waals surface area contributed by atoms with Gasteiger partial charge in [0.05, 0.1) is 18.8 Å². The standard InChI is InChI=1S/C35H44F2N4O5/c1-22(42)40-20-26(25-14-15-31(46-35(36)37)32(17-25)45-21-24-12-13-24)16-30(40)33(43)38-18-27-6-5-9-29(39-27)34(44)41(19-23-10-11-23)28-7-3-2-4-8-28/h5-6,9,14-15,17,23-24,26,28,30,35H,2-4,7-8,10-13,16,18-21H2,1H3,(H,38,43)/t26?,30-/m1/s1.